The molecule has 4 unspecified atom stereocenters. The van der Waals surface area contributed by atoms with Crippen molar-refractivity contribution < 1.29 is 34.4 Å². The molecule has 15 heteroatoms. The van der Waals surface area contributed by atoms with Gasteiger partial charge in [-0.1, -0.05) is 74.5 Å². The van der Waals surface area contributed by atoms with Crippen LogP contribution in [-0.4, -0.2) is 74.5 Å². The number of aromatic nitrogens is 2. The fraction of sp³-hybridized carbons (Fsp3) is 0.432. The zero-order chi connectivity index (χ0) is 37.7. The number of nitrogens with zero attached hydrogens (tertiary/aromatic N) is 3. The van der Waals surface area contributed by atoms with Gasteiger partial charge in [-0.25, -0.2) is 19.5 Å². The molecule has 2 aromatic carbocycles. The van der Waals surface area contributed by atoms with Gasteiger partial charge < -0.3 is 30.7 Å². The number of carbonyl (C=O) groups is 3. The topological polar surface area (TPSA) is 175 Å². The molecule has 0 aliphatic heterocycles. The summed E-state index contributed by atoms with van der Waals surface area (Å²) in [5.74, 6) is -0.673. The fourth-order valence-corrected chi connectivity index (χ4v) is 6.79. The van der Waals surface area contributed by atoms with E-state index in [1.165, 1.54) is 27.6 Å². The summed E-state index contributed by atoms with van der Waals surface area (Å²) in [7, 11) is 1.61. The molecule has 0 fully saturated rings. The number of urea groups is 1. The van der Waals surface area contributed by atoms with E-state index in [2.05, 4.69) is 30.8 Å². The average molecular weight is 753 g/mol. The van der Waals surface area contributed by atoms with Crippen molar-refractivity contribution >= 4 is 40.7 Å². The Morgan fingerprint density at radius 1 is 0.942 bits per heavy atom. The molecule has 0 spiro atoms. The second kappa shape index (κ2) is 19.4. The highest BCUT2D eigenvalue weighted by Crippen LogP contribution is 2.27. The van der Waals surface area contributed by atoms with Gasteiger partial charge in [-0.15, -0.1) is 22.7 Å². The number of alkyl carbamates (subject to hydrolysis) is 1. The summed E-state index contributed by atoms with van der Waals surface area (Å²) < 4.78 is 5.42. The Kier molecular flexibility index (Phi) is 15.1. The second-order valence-corrected chi connectivity index (χ2v) is 15.3. The van der Waals surface area contributed by atoms with Gasteiger partial charge in [-0.2, -0.15) is 0 Å². The Morgan fingerprint density at radius 3 is 2.19 bits per heavy atom. The number of amides is 4. The summed E-state index contributed by atoms with van der Waals surface area (Å²) in [6.07, 6.45) is 0.701. The SMILES string of the molecule is CC(C)C(NC(=O)N(C)Cc1csc(C(C)(C)OO)n1)C(=O)NC(Cc1ccccc1)CC(O)C(Cc1ccccc1)NC(=O)OCc1cncs1. The standard InChI is InChI=1S/C37H48N6O7S2/c1-24(2)32(42-35(46)43(5)20-28-22-51-34(40-28)37(3,4)50-48)33(45)39-27(16-25-12-8-6-9-13-25)18-31(44)30(17-26-14-10-7-11-15-26)41-36(47)49-21-29-19-38-23-52-29/h6-15,19,22-24,27,30-32,44,48H,16-18,20-21H2,1-5H3,(H,39,45)(H,41,47)(H,42,46). The van der Waals surface area contributed by atoms with Crippen molar-refractivity contribution in [1.29, 1.82) is 0 Å². The molecule has 4 amide bonds. The van der Waals surface area contributed by atoms with Crippen LogP contribution >= 0.6 is 22.7 Å². The van der Waals surface area contributed by atoms with E-state index in [0.717, 1.165) is 16.0 Å². The number of aliphatic hydroxyl groups excluding tert-OH is 1. The number of ether oxygens (including phenoxy) is 1. The van der Waals surface area contributed by atoms with Crippen molar-refractivity contribution in [2.24, 2.45) is 5.92 Å². The minimum Gasteiger partial charge on any atom is -0.444 e. The molecule has 280 valence electrons. The molecular formula is C37H48N6O7S2. The van der Waals surface area contributed by atoms with Gasteiger partial charge in [0.15, 0.2) is 0 Å². The molecule has 2 aromatic heterocycles. The van der Waals surface area contributed by atoms with Crippen molar-refractivity contribution in [3.63, 3.8) is 0 Å². The van der Waals surface area contributed by atoms with Gasteiger partial charge in [0, 0.05) is 24.7 Å². The lowest BCUT2D eigenvalue weighted by molar-refractivity contribution is -0.318. The number of rotatable bonds is 18. The summed E-state index contributed by atoms with van der Waals surface area (Å²) in [6.45, 7) is 7.26. The lowest BCUT2D eigenvalue weighted by Gasteiger charge is -2.30. The van der Waals surface area contributed by atoms with Crippen LogP contribution in [0.15, 0.2) is 77.8 Å². The van der Waals surface area contributed by atoms with E-state index < -0.39 is 47.9 Å². The molecule has 0 saturated heterocycles. The summed E-state index contributed by atoms with van der Waals surface area (Å²) in [6, 6.07) is 16.4. The number of aliphatic hydroxyl groups is 1. The highest BCUT2D eigenvalue weighted by atomic mass is 32.1. The van der Waals surface area contributed by atoms with Crippen LogP contribution in [0.4, 0.5) is 9.59 Å². The third kappa shape index (κ3) is 12.4. The third-order valence-electron chi connectivity index (χ3n) is 8.36. The highest BCUT2D eigenvalue weighted by molar-refractivity contribution is 7.10. The number of hydrogen-bond acceptors (Lipinski definition) is 11. The molecule has 0 aliphatic carbocycles. The molecule has 4 aromatic rings. The molecule has 0 radical (unpaired) electrons. The number of hydrogen-bond donors (Lipinski definition) is 5. The lowest BCUT2D eigenvalue weighted by Crippen LogP contribution is -2.55. The predicted octanol–water partition coefficient (Wildman–Crippen LogP) is 5.51. The summed E-state index contributed by atoms with van der Waals surface area (Å²) in [5, 5.41) is 32.0. The third-order valence-corrected chi connectivity index (χ3v) is 10.3. The van der Waals surface area contributed by atoms with Gasteiger partial charge in [0.25, 0.3) is 0 Å². The van der Waals surface area contributed by atoms with E-state index in [-0.39, 0.29) is 25.5 Å². The van der Waals surface area contributed by atoms with Gasteiger partial charge in [0.05, 0.1) is 34.8 Å². The van der Waals surface area contributed by atoms with Gasteiger partial charge in [-0.3, -0.25) is 15.0 Å². The van der Waals surface area contributed by atoms with Crippen LogP contribution in [0.25, 0.3) is 0 Å². The van der Waals surface area contributed by atoms with E-state index >= 15 is 0 Å². The molecule has 4 rings (SSSR count). The minimum absolute atomic E-state index is 0.0521. The van der Waals surface area contributed by atoms with Crippen LogP contribution < -0.4 is 16.0 Å². The van der Waals surface area contributed by atoms with Gasteiger partial charge in [0.1, 0.15) is 23.3 Å². The average Bonchev–Trinajstić information content (AvgIpc) is 3.83. The molecular weight excluding hydrogens is 705 g/mol. The Bertz CT molecular complexity index is 1690. The summed E-state index contributed by atoms with van der Waals surface area (Å²) >= 11 is 2.68. The highest BCUT2D eigenvalue weighted by Gasteiger charge is 2.31. The predicted molar refractivity (Wildman–Crippen MR) is 200 cm³/mol. The molecule has 5 N–H and O–H groups in total. The summed E-state index contributed by atoms with van der Waals surface area (Å²) in [4.78, 5) is 55.4. The monoisotopic (exact) mass is 752 g/mol. The van der Waals surface area contributed by atoms with Crippen LogP contribution in [0.2, 0.25) is 0 Å². The van der Waals surface area contributed by atoms with Crippen molar-refractivity contribution in [2.45, 2.75) is 89.9 Å². The van der Waals surface area contributed by atoms with E-state index in [0.29, 0.717) is 23.5 Å². The zero-order valence-electron chi connectivity index (χ0n) is 30.0. The summed E-state index contributed by atoms with van der Waals surface area (Å²) in [5.41, 5.74) is 3.12. The Hall–Kier alpha value is -4.41. The maximum absolute atomic E-state index is 13.9. The molecule has 13 nitrogen and oxygen atoms in total. The Balaban J connectivity index is 1.46. The maximum Gasteiger partial charge on any atom is 0.407 e. The number of thiazole rings is 2. The van der Waals surface area contributed by atoms with Gasteiger partial charge in [0.2, 0.25) is 5.91 Å². The van der Waals surface area contributed by atoms with Crippen LogP contribution in [0.1, 0.15) is 60.8 Å². The number of carbonyl (C=O) groups excluding carboxylic acids is 3. The van der Waals surface area contributed by atoms with Crippen LogP contribution in [-0.2, 0) is 46.0 Å². The first-order chi connectivity index (χ1) is 24.8. The molecule has 0 aliphatic rings. The zero-order valence-corrected chi connectivity index (χ0v) is 31.7. The number of nitrogens with one attached hydrogen (secondary N) is 3. The van der Waals surface area contributed by atoms with E-state index in [9.17, 15) is 24.7 Å². The van der Waals surface area contributed by atoms with E-state index in [4.69, 9.17) is 4.74 Å². The molecule has 0 bridgehead atoms. The maximum atomic E-state index is 13.9. The van der Waals surface area contributed by atoms with Crippen molar-refractivity contribution in [1.82, 2.24) is 30.8 Å². The molecule has 52 heavy (non-hydrogen) atoms. The smallest absolute Gasteiger partial charge is 0.407 e. The fourth-order valence-electron chi connectivity index (χ4n) is 5.42. The van der Waals surface area contributed by atoms with Gasteiger partial charge in [-0.05, 0) is 50.2 Å². The van der Waals surface area contributed by atoms with Crippen LogP contribution in [0.5, 0.6) is 0 Å². The molecule has 4 atom stereocenters. The van der Waals surface area contributed by atoms with E-state index in [1.807, 2.05) is 74.5 Å². The minimum atomic E-state index is -1.08. The second-order valence-electron chi connectivity index (χ2n) is 13.5. The van der Waals surface area contributed by atoms with Crippen LogP contribution in [0.3, 0.4) is 0 Å². The van der Waals surface area contributed by atoms with Crippen molar-refractivity contribution in [2.75, 3.05) is 7.05 Å². The lowest BCUT2D eigenvalue weighted by atomic mass is 9.93. The first-order valence-corrected chi connectivity index (χ1v) is 18.8. The normalized spacial score (nSPS) is 13.8. The van der Waals surface area contributed by atoms with Crippen molar-refractivity contribution in [3.05, 3.63) is 104 Å². The van der Waals surface area contributed by atoms with Gasteiger partial charge >= 0.3 is 12.1 Å². The first-order valence-electron chi connectivity index (χ1n) is 17.0. The molecule has 0 saturated carbocycles. The number of benzene rings is 2. The largest absolute Gasteiger partial charge is 0.444 e. The van der Waals surface area contributed by atoms with Crippen molar-refractivity contribution in [3.8, 4) is 0 Å². The van der Waals surface area contributed by atoms with Crippen LogP contribution in [0, 0.1) is 5.92 Å². The first kappa shape index (κ1) is 40.4. The Labute approximate surface area is 312 Å². The Morgan fingerprint density at radius 2 is 1.60 bits per heavy atom. The quantitative estimate of drug-likeness (QED) is 0.0649. The molecule has 2 heterocycles. The van der Waals surface area contributed by atoms with E-state index in [1.54, 1.807) is 38.0 Å².